The highest BCUT2D eigenvalue weighted by Crippen LogP contribution is 2.36. The lowest BCUT2D eigenvalue weighted by Crippen LogP contribution is -2.36. The predicted molar refractivity (Wildman–Crippen MR) is 87.0 cm³/mol. The monoisotopic (exact) mass is 344 g/mol. The number of ketones is 1. The number of para-hydroxylation sites is 1. The molecular weight excluding hydrogens is 327 g/mol. The van der Waals surface area contributed by atoms with Crippen LogP contribution in [0, 0.1) is 0 Å². The molecule has 2 aromatic rings. The van der Waals surface area contributed by atoms with Gasteiger partial charge < -0.3 is 20.5 Å². The van der Waals surface area contributed by atoms with Gasteiger partial charge in [-0.3, -0.25) is 4.79 Å². The summed E-state index contributed by atoms with van der Waals surface area (Å²) < 4.78 is 6.78. The second-order valence-corrected chi connectivity index (χ2v) is 5.88. The van der Waals surface area contributed by atoms with Crippen molar-refractivity contribution in [3.8, 4) is 5.75 Å². The molecule has 10 heteroatoms. The van der Waals surface area contributed by atoms with Crippen molar-refractivity contribution >= 4 is 18.9 Å². The van der Waals surface area contributed by atoms with E-state index in [1.165, 1.54) is 17.1 Å². The number of nitrogens with two attached hydrogens (primary N) is 1. The summed E-state index contributed by atoms with van der Waals surface area (Å²) in [6, 6.07) is 4.77. The van der Waals surface area contributed by atoms with Crippen molar-refractivity contribution in [1.29, 1.82) is 0 Å². The van der Waals surface area contributed by atoms with Crippen molar-refractivity contribution in [3.63, 3.8) is 0 Å². The van der Waals surface area contributed by atoms with Crippen LogP contribution in [0.4, 0.5) is 0 Å². The Hall–Kier alpha value is -2.72. The summed E-state index contributed by atoms with van der Waals surface area (Å²) in [5.74, 6) is -1.11. The molecule has 0 spiro atoms. The van der Waals surface area contributed by atoms with E-state index in [4.69, 9.17) is 10.4 Å². The molecule has 9 nitrogen and oxygen atoms in total. The Kier molecular flexibility index (Phi) is 4.82. The van der Waals surface area contributed by atoms with E-state index >= 15 is 0 Å². The molecule has 25 heavy (non-hydrogen) atoms. The minimum Gasteiger partial charge on any atom is -0.535 e. The molecule has 1 aromatic heterocycles. The van der Waals surface area contributed by atoms with Crippen LogP contribution in [0.25, 0.3) is 0 Å². The number of carboxylic acid groups (broad SMARTS) is 1. The Labute approximate surface area is 143 Å². The van der Waals surface area contributed by atoms with Crippen molar-refractivity contribution in [2.45, 2.75) is 31.7 Å². The van der Waals surface area contributed by atoms with Gasteiger partial charge >= 0.3 is 13.1 Å². The molecule has 1 aliphatic rings. The smallest absolute Gasteiger partial charge is 0.526 e. The maximum atomic E-state index is 12.2. The number of hydrogen-bond donors (Lipinski definition) is 3. The molecule has 0 saturated heterocycles. The summed E-state index contributed by atoms with van der Waals surface area (Å²) in [7, 11) is -1.24. The summed E-state index contributed by atoms with van der Waals surface area (Å²) in [5, 5.41) is 23.4. The normalized spacial score (nSPS) is 16.2. The van der Waals surface area contributed by atoms with Crippen LogP contribution in [0.15, 0.2) is 24.5 Å². The number of hydrogen-bond acceptors (Lipinski definition) is 7. The lowest BCUT2D eigenvalue weighted by molar-refractivity contribution is -0.120. The van der Waals surface area contributed by atoms with Crippen LogP contribution in [0.5, 0.6) is 5.75 Å². The van der Waals surface area contributed by atoms with Gasteiger partial charge in [0.15, 0.2) is 11.6 Å². The van der Waals surface area contributed by atoms with Crippen LogP contribution in [0.1, 0.15) is 28.2 Å². The van der Waals surface area contributed by atoms with Crippen LogP contribution in [0.3, 0.4) is 0 Å². The van der Waals surface area contributed by atoms with Gasteiger partial charge in [-0.1, -0.05) is 12.1 Å². The van der Waals surface area contributed by atoms with Gasteiger partial charge in [0.2, 0.25) is 0 Å². The maximum Gasteiger partial charge on any atom is 0.526 e. The third-order valence-corrected chi connectivity index (χ3v) is 4.05. The minimum atomic E-state index is -1.24. The fraction of sp³-hybridized carbons (Fsp3) is 0.333. The second kappa shape index (κ2) is 7.03. The first kappa shape index (κ1) is 17.1. The largest absolute Gasteiger partial charge is 0.535 e. The van der Waals surface area contributed by atoms with Crippen molar-refractivity contribution in [2.75, 3.05) is 0 Å². The lowest BCUT2D eigenvalue weighted by Gasteiger charge is -2.27. The van der Waals surface area contributed by atoms with E-state index in [1.807, 2.05) is 0 Å². The summed E-state index contributed by atoms with van der Waals surface area (Å²) >= 11 is 0. The third-order valence-electron chi connectivity index (χ3n) is 4.05. The van der Waals surface area contributed by atoms with Crippen molar-refractivity contribution in [2.24, 2.45) is 5.73 Å². The third kappa shape index (κ3) is 3.70. The number of carbonyl (C=O) groups is 2. The fourth-order valence-electron chi connectivity index (χ4n) is 2.87. The van der Waals surface area contributed by atoms with Gasteiger partial charge in [-0.2, -0.15) is 5.10 Å². The van der Waals surface area contributed by atoms with Crippen molar-refractivity contribution in [3.05, 3.63) is 41.5 Å². The van der Waals surface area contributed by atoms with Gasteiger partial charge in [-0.25, -0.2) is 14.5 Å². The second-order valence-electron chi connectivity index (χ2n) is 5.88. The van der Waals surface area contributed by atoms with E-state index in [1.54, 1.807) is 12.1 Å². The summed E-state index contributed by atoms with van der Waals surface area (Å²) in [4.78, 5) is 27.4. The molecule has 0 fully saturated rings. The Morgan fingerprint density at radius 1 is 1.44 bits per heavy atom. The topological polar surface area (TPSA) is 141 Å². The molecule has 0 radical (unpaired) electrons. The summed E-state index contributed by atoms with van der Waals surface area (Å²) in [6.45, 7) is 0.220. The number of aromatic carboxylic acids is 1. The molecule has 2 heterocycles. The molecule has 1 aliphatic heterocycles. The van der Waals surface area contributed by atoms with E-state index < -0.39 is 18.9 Å². The molecule has 130 valence electrons. The maximum absolute atomic E-state index is 12.2. The molecule has 3 rings (SSSR count). The zero-order chi connectivity index (χ0) is 18.0. The first-order valence-electron chi connectivity index (χ1n) is 7.78. The van der Waals surface area contributed by atoms with E-state index in [0.29, 0.717) is 17.8 Å². The van der Waals surface area contributed by atoms with E-state index in [-0.39, 0.29) is 36.6 Å². The minimum absolute atomic E-state index is 0.00161. The molecule has 4 N–H and O–H groups in total. The first-order chi connectivity index (χ1) is 12.0. The number of carbonyl (C=O) groups excluding carboxylic acids is 1. The molecule has 0 bridgehead atoms. The van der Waals surface area contributed by atoms with Crippen LogP contribution in [-0.2, 0) is 24.3 Å². The van der Waals surface area contributed by atoms with Gasteiger partial charge in [0.1, 0.15) is 18.6 Å². The molecule has 0 saturated carbocycles. The number of nitrogens with zero attached hydrogens (tertiary/aromatic N) is 3. The van der Waals surface area contributed by atoms with Gasteiger partial charge in [0.05, 0.1) is 12.1 Å². The van der Waals surface area contributed by atoms with Gasteiger partial charge in [0, 0.05) is 12.2 Å². The highest BCUT2D eigenvalue weighted by Gasteiger charge is 2.37. The Bertz CT molecular complexity index is 809. The van der Waals surface area contributed by atoms with Crippen LogP contribution >= 0.6 is 0 Å². The number of Topliss-reactive ketones (excluding diaryl/α,β-unsaturated/α-hetero) is 1. The van der Waals surface area contributed by atoms with Gasteiger partial charge in [-0.15, -0.1) is 0 Å². The van der Waals surface area contributed by atoms with Crippen molar-refractivity contribution in [1.82, 2.24) is 14.8 Å². The number of rotatable bonds is 6. The van der Waals surface area contributed by atoms with Crippen LogP contribution in [0.2, 0.25) is 5.82 Å². The number of fused-ring (bicyclic) bond motifs is 1. The predicted octanol–water partition coefficient (Wildman–Crippen LogP) is -0.120. The Balaban J connectivity index is 1.68. The molecule has 0 aliphatic carbocycles. The average Bonchev–Trinajstić information content (AvgIpc) is 3.02. The zero-order valence-electron chi connectivity index (χ0n) is 13.3. The number of aromatic nitrogens is 3. The zero-order valence-corrected chi connectivity index (χ0v) is 13.3. The molecule has 1 atom stereocenters. The highest BCUT2D eigenvalue weighted by atomic mass is 16.5. The summed E-state index contributed by atoms with van der Waals surface area (Å²) in [5.41, 5.74) is 6.09. The number of benzene rings is 1. The number of carboxylic acids is 1. The fourth-order valence-corrected chi connectivity index (χ4v) is 2.87. The SMILES string of the molecule is NCc1ncn(CC(=O)C[C@H]2Cc3cccc(C(=O)O)c3OB2O)n1. The van der Waals surface area contributed by atoms with Crippen LogP contribution in [-0.4, -0.2) is 43.8 Å². The average molecular weight is 344 g/mol. The van der Waals surface area contributed by atoms with E-state index in [2.05, 4.69) is 10.1 Å². The van der Waals surface area contributed by atoms with Crippen LogP contribution < -0.4 is 10.4 Å². The van der Waals surface area contributed by atoms with E-state index in [9.17, 15) is 19.7 Å². The highest BCUT2D eigenvalue weighted by molar-refractivity contribution is 6.47. The Morgan fingerprint density at radius 3 is 2.92 bits per heavy atom. The van der Waals surface area contributed by atoms with Crippen molar-refractivity contribution < 1.29 is 24.4 Å². The first-order valence-corrected chi connectivity index (χ1v) is 7.78. The summed E-state index contributed by atoms with van der Waals surface area (Å²) in [6.07, 6.45) is 1.87. The molecular formula is C15H17BN4O5. The molecule has 1 aromatic carbocycles. The standard InChI is InChI=1S/C15H17BN4O5/c17-6-13-18-8-20(19-13)7-11(21)5-10-4-9-2-1-3-12(15(22)23)14(9)25-16(10)24/h1-3,8,10,24H,4-7,17H2,(H,22,23)/t10-/m1/s1. The van der Waals surface area contributed by atoms with Gasteiger partial charge in [-0.05, 0) is 18.1 Å². The Morgan fingerprint density at radius 2 is 2.24 bits per heavy atom. The van der Waals surface area contributed by atoms with Gasteiger partial charge in [0.25, 0.3) is 0 Å². The lowest BCUT2D eigenvalue weighted by atomic mass is 9.64. The molecule has 0 amide bonds. The van der Waals surface area contributed by atoms with E-state index in [0.717, 1.165) is 0 Å². The quantitative estimate of drug-likeness (QED) is 0.616. The molecule has 0 unspecified atom stereocenters.